The number of carboxylic acid groups (broad SMARTS) is 1. The minimum Gasteiger partial charge on any atom is -0.465 e. The van der Waals surface area contributed by atoms with Crippen molar-refractivity contribution in [3.63, 3.8) is 0 Å². The molecule has 0 aliphatic rings. The van der Waals surface area contributed by atoms with Gasteiger partial charge in [-0.2, -0.15) is 0 Å². The fraction of sp³-hybridized carbons (Fsp3) is 0.111. The summed E-state index contributed by atoms with van der Waals surface area (Å²) in [5.41, 5.74) is 7.56. The molecule has 2 aromatic carbocycles. The van der Waals surface area contributed by atoms with Crippen LogP contribution in [0, 0.1) is 0 Å². The molecule has 0 saturated heterocycles. The minimum atomic E-state index is -1.12. The molecule has 0 aliphatic carbocycles. The highest BCUT2D eigenvalue weighted by Gasteiger charge is 2.13. The summed E-state index contributed by atoms with van der Waals surface area (Å²) < 4.78 is 0. The van der Waals surface area contributed by atoms with E-state index in [1.807, 2.05) is 13.0 Å². The minimum absolute atomic E-state index is 0.166. The SMILES string of the molecule is C[C@@H](Nc1ncnc2c(C(N)=O)cccc12)c1cccc(NC(=O)O)c1. The first-order valence-corrected chi connectivity index (χ1v) is 7.85. The van der Waals surface area contributed by atoms with Crippen LogP contribution < -0.4 is 16.4 Å². The highest BCUT2D eigenvalue weighted by molar-refractivity contribution is 6.06. The Hall–Kier alpha value is -3.68. The number of para-hydroxylation sites is 1. The number of primary amides is 1. The molecule has 1 atom stereocenters. The fourth-order valence-corrected chi connectivity index (χ4v) is 2.70. The van der Waals surface area contributed by atoms with Crippen molar-refractivity contribution in [2.24, 2.45) is 5.73 Å². The summed E-state index contributed by atoms with van der Waals surface area (Å²) in [4.78, 5) is 30.8. The molecule has 0 saturated carbocycles. The number of benzene rings is 2. The molecule has 5 N–H and O–H groups in total. The molecule has 8 nitrogen and oxygen atoms in total. The molecule has 0 radical (unpaired) electrons. The molecule has 8 heteroatoms. The van der Waals surface area contributed by atoms with Crippen molar-refractivity contribution in [2.75, 3.05) is 10.6 Å². The number of hydrogen-bond donors (Lipinski definition) is 4. The number of amides is 2. The van der Waals surface area contributed by atoms with Crippen LogP contribution in [0.5, 0.6) is 0 Å². The average molecular weight is 351 g/mol. The van der Waals surface area contributed by atoms with Crippen molar-refractivity contribution in [2.45, 2.75) is 13.0 Å². The molecule has 3 aromatic rings. The van der Waals surface area contributed by atoms with E-state index < -0.39 is 12.0 Å². The van der Waals surface area contributed by atoms with Gasteiger partial charge in [-0.1, -0.05) is 18.2 Å². The third-order valence-corrected chi connectivity index (χ3v) is 3.92. The number of hydrogen-bond acceptors (Lipinski definition) is 5. The Morgan fingerprint density at radius 3 is 2.65 bits per heavy atom. The summed E-state index contributed by atoms with van der Waals surface area (Å²) >= 11 is 0. The predicted molar refractivity (Wildman–Crippen MR) is 98.2 cm³/mol. The van der Waals surface area contributed by atoms with Gasteiger partial charge in [0.2, 0.25) is 0 Å². The number of nitrogens with one attached hydrogen (secondary N) is 2. The number of fused-ring (bicyclic) bond motifs is 1. The normalized spacial score (nSPS) is 11.7. The van der Waals surface area contributed by atoms with Crippen molar-refractivity contribution in [1.29, 1.82) is 0 Å². The first-order chi connectivity index (χ1) is 12.5. The smallest absolute Gasteiger partial charge is 0.409 e. The van der Waals surface area contributed by atoms with Crippen LogP contribution in [0.15, 0.2) is 48.8 Å². The van der Waals surface area contributed by atoms with Crippen LogP contribution >= 0.6 is 0 Å². The molecule has 0 aliphatic heterocycles. The van der Waals surface area contributed by atoms with Crippen LogP contribution in [-0.4, -0.2) is 27.1 Å². The van der Waals surface area contributed by atoms with Gasteiger partial charge in [-0.05, 0) is 36.8 Å². The lowest BCUT2D eigenvalue weighted by Gasteiger charge is -2.17. The third kappa shape index (κ3) is 3.54. The topological polar surface area (TPSA) is 130 Å². The molecule has 0 bridgehead atoms. The van der Waals surface area contributed by atoms with Gasteiger partial charge in [-0.15, -0.1) is 0 Å². The van der Waals surface area contributed by atoms with Gasteiger partial charge in [0, 0.05) is 11.1 Å². The van der Waals surface area contributed by atoms with Gasteiger partial charge in [0.1, 0.15) is 12.1 Å². The van der Waals surface area contributed by atoms with Crippen LogP contribution in [0.1, 0.15) is 28.9 Å². The molecule has 1 heterocycles. The van der Waals surface area contributed by atoms with Crippen LogP contribution in [0.2, 0.25) is 0 Å². The molecule has 0 spiro atoms. The summed E-state index contributed by atoms with van der Waals surface area (Å²) in [5, 5.41) is 15.1. The lowest BCUT2D eigenvalue weighted by Crippen LogP contribution is -2.13. The summed E-state index contributed by atoms with van der Waals surface area (Å²) in [7, 11) is 0. The summed E-state index contributed by atoms with van der Waals surface area (Å²) in [6, 6.07) is 12.0. The van der Waals surface area contributed by atoms with Crippen molar-refractivity contribution >= 4 is 34.4 Å². The molecular weight excluding hydrogens is 334 g/mol. The zero-order chi connectivity index (χ0) is 18.7. The van der Waals surface area contributed by atoms with E-state index in [1.54, 1.807) is 36.4 Å². The molecule has 3 rings (SSSR count). The number of anilines is 2. The van der Waals surface area contributed by atoms with E-state index in [0.717, 1.165) is 5.56 Å². The lowest BCUT2D eigenvalue weighted by atomic mass is 10.1. The molecular formula is C18H17N5O3. The number of carbonyl (C=O) groups is 2. The molecule has 1 aromatic heterocycles. The number of aromatic nitrogens is 2. The first kappa shape index (κ1) is 17.2. The maximum Gasteiger partial charge on any atom is 0.409 e. The van der Waals surface area contributed by atoms with Gasteiger partial charge in [0.25, 0.3) is 5.91 Å². The molecule has 2 amide bonds. The standard InChI is InChI=1S/C18H17N5O3/c1-10(11-4-2-5-12(8-11)23-18(25)26)22-17-14-7-3-6-13(16(19)24)15(14)20-9-21-17/h2-10,23H,1H3,(H2,19,24)(H,25,26)(H,20,21,22)/t10-/m1/s1. The van der Waals surface area contributed by atoms with E-state index in [2.05, 4.69) is 20.6 Å². The van der Waals surface area contributed by atoms with E-state index in [-0.39, 0.29) is 6.04 Å². The number of rotatable bonds is 5. The van der Waals surface area contributed by atoms with E-state index in [9.17, 15) is 9.59 Å². The van der Waals surface area contributed by atoms with Crippen molar-refractivity contribution in [1.82, 2.24) is 9.97 Å². The predicted octanol–water partition coefficient (Wildman–Crippen LogP) is 2.99. The Balaban J connectivity index is 1.93. The van der Waals surface area contributed by atoms with Gasteiger partial charge < -0.3 is 16.2 Å². The number of nitrogens with zero attached hydrogens (tertiary/aromatic N) is 2. The molecule has 0 unspecified atom stereocenters. The van der Waals surface area contributed by atoms with Crippen molar-refractivity contribution in [3.05, 3.63) is 59.9 Å². The summed E-state index contributed by atoms with van der Waals surface area (Å²) in [6.07, 6.45) is 0.246. The van der Waals surface area contributed by atoms with Crippen LogP contribution in [0.4, 0.5) is 16.3 Å². The van der Waals surface area contributed by atoms with Crippen molar-refractivity contribution in [3.8, 4) is 0 Å². The van der Waals surface area contributed by atoms with Crippen molar-refractivity contribution < 1.29 is 14.7 Å². The maximum absolute atomic E-state index is 11.6. The maximum atomic E-state index is 11.6. The third-order valence-electron chi connectivity index (χ3n) is 3.92. The second-order valence-corrected chi connectivity index (χ2v) is 5.71. The zero-order valence-electron chi connectivity index (χ0n) is 13.9. The quantitative estimate of drug-likeness (QED) is 0.559. The monoisotopic (exact) mass is 351 g/mol. The van der Waals surface area contributed by atoms with E-state index in [1.165, 1.54) is 6.33 Å². The highest BCUT2D eigenvalue weighted by Crippen LogP contribution is 2.26. The Morgan fingerprint density at radius 2 is 1.92 bits per heavy atom. The van der Waals surface area contributed by atoms with E-state index in [4.69, 9.17) is 10.8 Å². The largest absolute Gasteiger partial charge is 0.465 e. The summed E-state index contributed by atoms with van der Waals surface area (Å²) in [6.45, 7) is 1.92. The van der Waals surface area contributed by atoms with Crippen LogP contribution in [-0.2, 0) is 0 Å². The van der Waals surface area contributed by atoms with Gasteiger partial charge in [0.05, 0.1) is 17.1 Å². The van der Waals surface area contributed by atoms with Gasteiger partial charge in [0.15, 0.2) is 0 Å². The van der Waals surface area contributed by atoms with Crippen LogP contribution in [0.3, 0.4) is 0 Å². The zero-order valence-corrected chi connectivity index (χ0v) is 13.9. The number of carbonyl (C=O) groups excluding carboxylic acids is 1. The first-order valence-electron chi connectivity index (χ1n) is 7.85. The Morgan fingerprint density at radius 1 is 1.15 bits per heavy atom. The van der Waals surface area contributed by atoms with Gasteiger partial charge >= 0.3 is 6.09 Å². The second-order valence-electron chi connectivity index (χ2n) is 5.71. The number of nitrogens with two attached hydrogens (primary N) is 1. The second kappa shape index (κ2) is 7.06. The Bertz CT molecular complexity index is 989. The van der Waals surface area contributed by atoms with Gasteiger partial charge in [-0.25, -0.2) is 14.8 Å². The lowest BCUT2D eigenvalue weighted by molar-refractivity contribution is 0.100. The van der Waals surface area contributed by atoms with E-state index >= 15 is 0 Å². The Kier molecular flexibility index (Phi) is 4.66. The summed E-state index contributed by atoms with van der Waals surface area (Å²) in [5.74, 6) is 0.00272. The van der Waals surface area contributed by atoms with E-state index in [0.29, 0.717) is 28.0 Å². The molecule has 132 valence electrons. The molecule has 26 heavy (non-hydrogen) atoms. The fourth-order valence-electron chi connectivity index (χ4n) is 2.70. The average Bonchev–Trinajstić information content (AvgIpc) is 2.61. The highest BCUT2D eigenvalue weighted by atomic mass is 16.4. The van der Waals surface area contributed by atoms with Gasteiger partial charge in [-0.3, -0.25) is 10.1 Å². The van der Waals surface area contributed by atoms with Crippen LogP contribution in [0.25, 0.3) is 10.9 Å². The molecule has 0 fully saturated rings. The Labute approximate surface area is 149 Å².